The monoisotopic (exact) mass is 133 g/mol. The first-order valence-corrected chi connectivity index (χ1v) is 4.14. The lowest BCUT2D eigenvalue weighted by molar-refractivity contribution is 0.0529. The molecule has 1 unspecified atom stereocenters. The minimum absolute atomic E-state index is 0.312. The lowest BCUT2D eigenvalue weighted by Crippen LogP contribution is -2.28. The van der Waals surface area contributed by atoms with E-state index in [-0.39, 0.29) is 0 Å². The molecule has 0 fully saturated rings. The van der Waals surface area contributed by atoms with Crippen molar-refractivity contribution in [3.8, 4) is 0 Å². The molecule has 50 valence electrons. The Kier molecular flexibility index (Phi) is 5.37. The van der Waals surface area contributed by atoms with E-state index in [1.165, 1.54) is 0 Å². The minimum atomic E-state index is 0.312. The van der Waals surface area contributed by atoms with Gasteiger partial charge in [-0.1, -0.05) is 6.92 Å². The van der Waals surface area contributed by atoms with Gasteiger partial charge in [-0.2, -0.15) is 0 Å². The van der Waals surface area contributed by atoms with E-state index in [4.69, 9.17) is 4.74 Å². The highest BCUT2D eigenvalue weighted by atomic mass is 28.2. The van der Waals surface area contributed by atoms with Crippen molar-refractivity contribution in [2.45, 2.75) is 26.5 Å². The summed E-state index contributed by atoms with van der Waals surface area (Å²) in [5.74, 6) is 0. The predicted octanol–water partition coefficient (Wildman–Crippen LogP) is -0.371. The second-order valence-corrected chi connectivity index (χ2v) is 2.22. The summed E-state index contributed by atoms with van der Waals surface area (Å²) in [6.07, 6.45) is 1.38. The highest BCUT2D eigenvalue weighted by molar-refractivity contribution is 6.04. The van der Waals surface area contributed by atoms with Crippen molar-refractivity contribution in [2.24, 2.45) is 0 Å². The summed E-state index contributed by atoms with van der Waals surface area (Å²) in [7, 11) is 1.02. The third kappa shape index (κ3) is 3.18. The van der Waals surface area contributed by atoms with E-state index in [0.29, 0.717) is 6.23 Å². The molecule has 0 radical (unpaired) electrons. The van der Waals surface area contributed by atoms with Gasteiger partial charge >= 0.3 is 0 Å². The van der Waals surface area contributed by atoms with Gasteiger partial charge in [0.2, 0.25) is 0 Å². The van der Waals surface area contributed by atoms with Gasteiger partial charge in [-0.25, -0.2) is 0 Å². The van der Waals surface area contributed by atoms with Gasteiger partial charge in [-0.05, 0) is 13.3 Å². The van der Waals surface area contributed by atoms with Crippen LogP contribution in [0.1, 0.15) is 20.3 Å². The molecule has 0 aliphatic carbocycles. The van der Waals surface area contributed by atoms with E-state index in [1.54, 1.807) is 0 Å². The van der Waals surface area contributed by atoms with Crippen molar-refractivity contribution in [1.29, 1.82) is 0 Å². The van der Waals surface area contributed by atoms with Crippen molar-refractivity contribution in [1.82, 2.24) is 4.98 Å². The first kappa shape index (κ1) is 8.14. The summed E-state index contributed by atoms with van der Waals surface area (Å²) < 4.78 is 5.26. The van der Waals surface area contributed by atoms with Crippen LogP contribution in [-0.4, -0.2) is 23.2 Å². The molecule has 0 aromatic carbocycles. The third-order valence-corrected chi connectivity index (χ3v) is 1.70. The summed E-state index contributed by atoms with van der Waals surface area (Å²) >= 11 is 0. The van der Waals surface area contributed by atoms with Crippen LogP contribution in [0.4, 0.5) is 0 Å². The molecule has 0 amide bonds. The highest BCUT2D eigenvalue weighted by Crippen LogP contribution is 1.89. The topological polar surface area (TPSA) is 21.3 Å². The summed E-state index contributed by atoms with van der Waals surface area (Å²) in [6.45, 7) is 4.94. The Balaban J connectivity index is 3.07. The molecule has 8 heavy (non-hydrogen) atoms. The summed E-state index contributed by atoms with van der Waals surface area (Å²) in [5.41, 5.74) is 0. The van der Waals surface area contributed by atoms with E-state index in [2.05, 4.69) is 11.9 Å². The minimum Gasteiger partial charge on any atom is -0.364 e. The van der Waals surface area contributed by atoms with Gasteiger partial charge in [-0.3, -0.25) is 0 Å². The number of hydrogen-bond donors (Lipinski definition) is 1. The molecule has 0 spiro atoms. The van der Waals surface area contributed by atoms with E-state index >= 15 is 0 Å². The maximum Gasteiger partial charge on any atom is 0.101 e. The van der Waals surface area contributed by atoms with Crippen LogP contribution >= 0.6 is 0 Å². The molecule has 0 aromatic heterocycles. The maximum atomic E-state index is 5.26. The van der Waals surface area contributed by atoms with Crippen molar-refractivity contribution >= 4 is 10.4 Å². The molecule has 0 aliphatic rings. The van der Waals surface area contributed by atoms with Gasteiger partial charge < -0.3 is 9.72 Å². The Labute approximate surface area is 54.1 Å². The highest BCUT2D eigenvalue weighted by Gasteiger charge is 1.97. The molecule has 1 N–H and O–H groups in total. The first-order chi connectivity index (χ1) is 3.85. The fourth-order valence-electron chi connectivity index (χ4n) is 0.606. The zero-order chi connectivity index (χ0) is 6.41. The Hall–Kier alpha value is 0.137. The van der Waals surface area contributed by atoms with Crippen molar-refractivity contribution in [3.05, 3.63) is 0 Å². The Morgan fingerprint density at radius 2 is 2.25 bits per heavy atom. The molecule has 0 saturated carbocycles. The van der Waals surface area contributed by atoms with Gasteiger partial charge in [0.15, 0.2) is 0 Å². The largest absolute Gasteiger partial charge is 0.364 e. The summed E-state index contributed by atoms with van der Waals surface area (Å²) in [4.78, 5) is 3.17. The van der Waals surface area contributed by atoms with E-state index in [0.717, 1.165) is 23.4 Å². The van der Waals surface area contributed by atoms with E-state index < -0.39 is 0 Å². The molecule has 1 atom stereocenters. The molecule has 0 saturated heterocycles. The van der Waals surface area contributed by atoms with Crippen LogP contribution in [0.25, 0.3) is 0 Å². The Bertz CT molecular complexity index is 47.7. The normalized spacial score (nSPS) is 14.2. The molecule has 2 nitrogen and oxygen atoms in total. The zero-order valence-corrected chi connectivity index (χ0v) is 7.90. The van der Waals surface area contributed by atoms with Crippen LogP contribution < -0.4 is 4.98 Å². The fraction of sp³-hybridized carbons (Fsp3) is 1.00. The molecular formula is C5H15NOSi. The van der Waals surface area contributed by atoms with E-state index in [9.17, 15) is 0 Å². The summed E-state index contributed by atoms with van der Waals surface area (Å²) in [5, 5.41) is 0. The average molecular weight is 133 g/mol. The molecule has 0 aliphatic heterocycles. The van der Waals surface area contributed by atoms with Crippen LogP contribution in [0.5, 0.6) is 0 Å². The number of ether oxygens (including phenoxy) is 1. The molecular weight excluding hydrogens is 118 g/mol. The molecule has 3 heteroatoms. The van der Waals surface area contributed by atoms with Crippen molar-refractivity contribution < 1.29 is 4.74 Å². The molecule has 0 heterocycles. The lowest BCUT2D eigenvalue weighted by Gasteiger charge is -2.12. The molecule has 0 aromatic rings. The van der Waals surface area contributed by atoms with Crippen LogP contribution in [-0.2, 0) is 4.74 Å². The Morgan fingerprint density at radius 3 is 2.38 bits per heavy atom. The third-order valence-electron chi connectivity index (χ3n) is 1.06. The van der Waals surface area contributed by atoms with E-state index in [1.807, 2.05) is 6.92 Å². The van der Waals surface area contributed by atoms with Crippen LogP contribution in [0.3, 0.4) is 0 Å². The Morgan fingerprint density at radius 1 is 1.62 bits per heavy atom. The SMILES string of the molecule is CCOC(CC)N[SiH3]. The zero-order valence-electron chi connectivity index (χ0n) is 5.90. The fourth-order valence-corrected chi connectivity index (χ4v) is 1.18. The van der Waals surface area contributed by atoms with Gasteiger partial charge in [0.05, 0.1) is 10.4 Å². The lowest BCUT2D eigenvalue weighted by atomic mass is 10.4. The maximum absolute atomic E-state index is 5.26. The second-order valence-electron chi connectivity index (χ2n) is 1.64. The first-order valence-electron chi connectivity index (χ1n) is 3.14. The molecule has 0 rings (SSSR count). The number of nitrogens with one attached hydrogen (secondary N) is 1. The van der Waals surface area contributed by atoms with Gasteiger partial charge in [0.1, 0.15) is 6.23 Å². The van der Waals surface area contributed by atoms with Crippen LogP contribution in [0, 0.1) is 0 Å². The standard InChI is InChI=1S/C5H15NOSi/c1-3-5(6-8)7-4-2/h5-6H,3-4H2,1-2,8H3. The van der Waals surface area contributed by atoms with Gasteiger partial charge in [0.25, 0.3) is 0 Å². The van der Waals surface area contributed by atoms with Gasteiger partial charge in [0, 0.05) is 6.61 Å². The quantitative estimate of drug-likeness (QED) is 0.417. The smallest absolute Gasteiger partial charge is 0.101 e. The van der Waals surface area contributed by atoms with Crippen LogP contribution in [0.15, 0.2) is 0 Å². The van der Waals surface area contributed by atoms with Gasteiger partial charge in [-0.15, -0.1) is 0 Å². The van der Waals surface area contributed by atoms with Crippen LogP contribution in [0.2, 0.25) is 0 Å². The summed E-state index contributed by atoms with van der Waals surface area (Å²) in [6, 6.07) is 0. The van der Waals surface area contributed by atoms with Crippen molar-refractivity contribution in [3.63, 3.8) is 0 Å². The average Bonchev–Trinajstić information content (AvgIpc) is 1.83. The molecule has 0 bridgehead atoms. The van der Waals surface area contributed by atoms with Crippen molar-refractivity contribution in [2.75, 3.05) is 6.61 Å². The number of rotatable bonds is 4. The number of hydrogen-bond acceptors (Lipinski definition) is 2. The second kappa shape index (κ2) is 5.28. The predicted molar refractivity (Wildman–Crippen MR) is 38.8 cm³/mol.